The summed E-state index contributed by atoms with van der Waals surface area (Å²) in [4.78, 5) is 39.9. The van der Waals surface area contributed by atoms with Crippen molar-refractivity contribution >= 4 is 23.5 Å². The summed E-state index contributed by atoms with van der Waals surface area (Å²) in [6.45, 7) is 2.73. The minimum absolute atomic E-state index is 0.180. The van der Waals surface area contributed by atoms with E-state index in [2.05, 4.69) is 12.2 Å². The first kappa shape index (κ1) is 23.4. The Morgan fingerprint density at radius 2 is 1.88 bits per heavy atom. The fourth-order valence-corrected chi connectivity index (χ4v) is 4.24. The monoisotopic (exact) mass is 468 g/mol. The zero-order valence-electron chi connectivity index (χ0n) is 19.5. The van der Waals surface area contributed by atoms with Crippen LogP contribution in [0.3, 0.4) is 0 Å². The molecule has 4 rings (SSSR count). The molecule has 2 aliphatic heterocycles. The number of rotatable bonds is 9. The molecule has 9 heteroatoms. The van der Waals surface area contributed by atoms with Gasteiger partial charge in [0.2, 0.25) is 18.0 Å². The lowest BCUT2D eigenvalue weighted by Crippen LogP contribution is -2.43. The van der Waals surface area contributed by atoms with Gasteiger partial charge >= 0.3 is 5.97 Å². The van der Waals surface area contributed by atoms with Gasteiger partial charge in [0.05, 0.1) is 20.8 Å². The number of likely N-dealkylation sites (tertiary alicyclic amines) is 1. The topological polar surface area (TPSA) is 103 Å². The summed E-state index contributed by atoms with van der Waals surface area (Å²) in [6.07, 6.45) is 1.50. The molecule has 2 aromatic carbocycles. The lowest BCUT2D eigenvalue weighted by molar-refractivity contribution is -0.144. The number of ether oxygens (including phenoxy) is 4. The first-order chi connectivity index (χ1) is 16.5. The van der Waals surface area contributed by atoms with Crippen molar-refractivity contribution in [2.75, 3.05) is 26.1 Å². The van der Waals surface area contributed by atoms with Crippen molar-refractivity contribution in [3.8, 4) is 17.2 Å². The predicted molar refractivity (Wildman–Crippen MR) is 123 cm³/mol. The third-order valence-electron chi connectivity index (χ3n) is 5.97. The first-order valence-electron chi connectivity index (χ1n) is 11.3. The molecular formula is C25H28N2O7. The van der Waals surface area contributed by atoms with Gasteiger partial charge in [0, 0.05) is 17.7 Å². The smallest absolute Gasteiger partial charge is 0.344 e. The van der Waals surface area contributed by atoms with Crippen LogP contribution in [0.4, 0.5) is 5.69 Å². The number of carbonyl (C=O) groups is 3. The van der Waals surface area contributed by atoms with E-state index >= 15 is 0 Å². The molecule has 2 atom stereocenters. The summed E-state index contributed by atoms with van der Waals surface area (Å²) in [7, 11) is 2.90. The molecule has 1 N–H and O–H groups in total. The van der Waals surface area contributed by atoms with Crippen LogP contribution in [0.25, 0.3) is 0 Å². The number of esters is 1. The van der Waals surface area contributed by atoms with Crippen LogP contribution in [0.1, 0.15) is 54.8 Å². The Labute approximate surface area is 197 Å². The zero-order chi connectivity index (χ0) is 24.2. The van der Waals surface area contributed by atoms with E-state index in [1.54, 1.807) is 36.4 Å². The lowest BCUT2D eigenvalue weighted by Gasteiger charge is -2.29. The summed E-state index contributed by atoms with van der Waals surface area (Å²) in [5.41, 5.74) is 1.25. The Bertz CT molecular complexity index is 1080. The predicted octanol–water partition coefficient (Wildman–Crippen LogP) is 3.68. The Kier molecular flexibility index (Phi) is 6.90. The van der Waals surface area contributed by atoms with Crippen LogP contribution in [0, 0.1) is 0 Å². The standard InChI is InChI=1S/C25H28N2O7/c1-4-5-14-33-16-8-6-15(7-9-16)26-23(29)18-11-13-20(28)27(18)24-17-10-12-19(31-2)22(32-3)21(17)25(30)34-24/h6-10,12,18,24H,4-5,11,13-14H2,1-3H3,(H,26,29)/t18-,24?/m0/s1. The lowest BCUT2D eigenvalue weighted by atomic mass is 10.1. The van der Waals surface area contributed by atoms with E-state index < -0.39 is 18.2 Å². The number of fused-ring (bicyclic) bond motifs is 1. The molecule has 1 saturated heterocycles. The van der Waals surface area contributed by atoms with Crippen molar-refractivity contribution in [1.29, 1.82) is 0 Å². The number of hydrogen-bond donors (Lipinski definition) is 1. The zero-order valence-corrected chi connectivity index (χ0v) is 19.5. The van der Waals surface area contributed by atoms with Gasteiger partial charge < -0.3 is 24.3 Å². The molecule has 2 aromatic rings. The van der Waals surface area contributed by atoms with Crippen LogP contribution in [0.15, 0.2) is 36.4 Å². The second kappa shape index (κ2) is 10.0. The summed E-state index contributed by atoms with van der Waals surface area (Å²) < 4.78 is 21.8. The Morgan fingerprint density at radius 1 is 1.12 bits per heavy atom. The molecule has 180 valence electrons. The van der Waals surface area contributed by atoms with Crippen molar-refractivity contribution in [1.82, 2.24) is 4.90 Å². The highest BCUT2D eigenvalue weighted by atomic mass is 16.6. The number of nitrogens with one attached hydrogen (secondary N) is 1. The van der Waals surface area contributed by atoms with E-state index in [-0.39, 0.29) is 29.5 Å². The van der Waals surface area contributed by atoms with Crippen LogP contribution in [0.5, 0.6) is 17.2 Å². The van der Waals surface area contributed by atoms with Gasteiger partial charge in [-0.1, -0.05) is 13.3 Å². The number of unbranched alkanes of at least 4 members (excludes halogenated alkanes) is 1. The molecule has 0 spiro atoms. The second-order valence-electron chi connectivity index (χ2n) is 8.09. The van der Waals surface area contributed by atoms with Crippen LogP contribution in [0.2, 0.25) is 0 Å². The van der Waals surface area contributed by atoms with E-state index in [1.165, 1.54) is 19.1 Å². The van der Waals surface area contributed by atoms with Crippen LogP contribution < -0.4 is 19.5 Å². The van der Waals surface area contributed by atoms with Gasteiger partial charge in [0.15, 0.2) is 11.5 Å². The molecule has 0 radical (unpaired) electrons. The maximum atomic E-state index is 13.1. The summed E-state index contributed by atoms with van der Waals surface area (Å²) in [6, 6.07) is 9.60. The molecule has 0 bridgehead atoms. The molecule has 0 aliphatic carbocycles. The molecule has 34 heavy (non-hydrogen) atoms. The van der Waals surface area contributed by atoms with Gasteiger partial charge in [0.1, 0.15) is 17.4 Å². The molecule has 1 fully saturated rings. The normalized spacial score (nSPS) is 19.0. The molecular weight excluding hydrogens is 440 g/mol. The number of carbonyl (C=O) groups excluding carboxylic acids is 3. The second-order valence-corrected chi connectivity index (χ2v) is 8.09. The van der Waals surface area contributed by atoms with Gasteiger partial charge in [-0.3, -0.25) is 14.5 Å². The fourth-order valence-electron chi connectivity index (χ4n) is 4.24. The average molecular weight is 469 g/mol. The Morgan fingerprint density at radius 3 is 2.56 bits per heavy atom. The molecule has 2 heterocycles. The van der Waals surface area contributed by atoms with Crippen molar-refractivity contribution < 1.29 is 33.3 Å². The highest BCUT2D eigenvalue weighted by molar-refractivity contribution is 6.01. The van der Waals surface area contributed by atoms with E-state index in [0.29, 0.717) is 30.0 Å². The van der Waals surface area contributed by atoms with Crippen LogP contribution >= 0.6 is 0 Å². The molecule has 2 amide bonds. The van der Waals surface area contributed by atoms with Crippen LogP contribution in [-0.2, 0) is 14.3 Å². The van der Waals surface area contributed by atoms with Crippen molar-refractivity contribution in [2.24, 2.45) is 0 Å². The van der Waals surface area contributed by atoms with Crippen molar-refractivity contribution in [3.05, 3.63) is 47.5 Å². The molecule has 0 saturated carbocycles. The third-order valence-corrected chi connectivity index (χ3v) is 5.97. The van der Waals surface area contributed by atoms with Gasteiger partial charge in [-0.2, -0.15) is 0 Å². The van der Waals surface area contributed by atoms with Gasteiger partial charge in [-0.05, 0) is 49.2 Å². The highest BCUT2D eigenvalue weighted by Crippen LogP contribution is 2.45. The quantitative estimate of drug-likeness (QED) is 0.442. The number of cyclic esters (lactones) is 1. The Hall–Kier alpha value is -3.75. The van der Waals surface area contributed by atoms with Crippen molar-refractivity contribution in [3.63, 3.8) is 0 Å². The molecule has 1 unspecified atom stereocenters. The number of anilines is 1. The van der Waals surface area contributed by atoms with Gasteiger partial charge in [-0.25, -0.2) is 4.79 Å². The maximum absolute atomic E-state index is 13.1. The van der Waals surface area contributed by atoms with E-state index in [0.717, 1.165) is 18.6 Å². The third kappa shape index (κ3) is 4.37. The number of methoxy groups -OCH3 is 2. The minimum Gasteiger partial charge on any atom is -0.494 e. The summed E-state index contributed by atoms with van der Waals surface area (Å²) >= 11 is 0. The Balaban J connectivity index is 1.52. The van der Waals surface area contributed by atoms with Gasteiger partial charge in [-0.15, -0.1) is 0 Å². The molecule has 0 aromatic heterocycles. The number of amides is 2. The van der Waals surface area contributed by atoms with Crippen molar-refractivity contribution in [2.45, 2.75) is 44.9 Å². The number of hydrogen-bond acceptors (Lipinski definition) is 7. The molecule has 2 aliphatic rings. The minimum atomic E-state index is -1.01. The first-order valence-corrected chi connectivity index (χ1v) is 11.3. The summed E-state index contributed by atoms with van der Waals surface area (Å²) in [5, 5.41) is 2.85. The van der Waals surface area contributed by atoms with Crippen LogP contribution in [-0.4, -0.2) is 49.6 Å². The SMILES string of the molecule is CCCCOc1ccc(NC(=O)[C@@H]2CCC(=O)N2C2OC(=O)c3c2ccc(OC)c3OC)cc1. The van der Waals surface area contributed by atoms with E-state index in [1.807, 2.05) is 0 Å². The summed E-state index contributed by atoms with van der Waals surface area (Å²) in [5.74, 6) is 0.0939. The number of nitrogens with zero attached hydrogens (tertiary/aromatic N) is 1. The van der Waals surface area contributed by atoms with E-state index in [9.17, 15) is 14.4 Å². The highest BCUT2D eigenvalue weighted by Gasteiger charge is 2.47. The fraction of sp³-hybridized carbons (Fsp3) is 0.400. The maximum Gasteiger partial charge on any atom is 0.344 e. The van der Waals surface area contributed by atoms with Gasteiger partial charge in [0.25, 0.3) is 0 Å². The largest absolute Gasteiger partial charge is 0.494 e. The number of benzene rings is 2. The molecule has 9 nitrogen and oxygen atoms in total. The average Bonchev–Trinajstić information content (AvgIpc) is 3.39. The van der Waals surface area contributed by atoms with E-state index in [4.69, 9.17) is 18.9 Å².